The first-order valence-corrected chi connectivity index (χ1v) is 7.50. The van der Waals surface area contributed by atoms with E-state index >= 15 is 0 Å². The van der Waals surface area contributed by atoms with Crippen LogP contribution in [0.5, 0.6) is 0 Å². The van der Waals surface area contributed by atoms with Crippen molar-refractivity contribution in [3.8, 4) is 0 Å². The molecule has 0 bridgehead atoms. The standard InChI is InChI=1S/C17H21N3O2/c1-10-14(16(22)20(4)19-10)15(21)18-13-7-5-6-12-11(13)8-9-17(12,2)3/h5-7,19H,8-9H2,1-4H3,(H,18,21). The Labute approximate surface area is 129 Å². The molecule has 0 spiro atoms. The molecule has 1 aliphatic rings. The molecule has 2 N–H and O–H groups in total. The van der Waals surface area contributed by atoms with Gasteiger partial charge in [-0.2, -0.15) is 0 Å². The highest BCUT2D eigenvalue weighted by molar-refractivity contribution is 6.05. The van der Waals surface area contributed by atoms with Crippen molar-refractivity contribution in [2.45, 2.75) is 39.0 Å². The number of hydrogen-bond acceptors (Lipinski definition) is 2. The van der Waals surface area contributed by atoms with Crippen LogP contribution in [0.4, 0.5) is 5.69 Å². The molecule has 0 saturated carbocycles. The molecular formula is C17H21N3O2. The molecule has 5 heteroatoms. The van der Waals surface area contributed by atoms with E-state index in [2.05, 4.69) is 30.3 Å². The maximum Gasteiger partial charge on any atom is 0.279 e. The molecule has 0 fully saturated rings. The average Bonchev–Trinajstić information content (AvgIpc) is 2.88. The SMILES string of the molecule is Cc1[nH]n(C)c(=O)c1C(=O)Nc1cccc2c1CCC2(C)C. The Kier molecular flexibility index (Phi) is 3.24. The number of nitrogens with zero attached hydrogens (tertiary/aromatic N) is 1. The lowest BCUT2D eigenvalue weighted by Crippen LogP contribution is -2.24. The van der Waals surface area contributed by atoms with E-state index in [1.807, 2.05) is 12.1 Å². The van der Waals surface area contributed by atoms with E-state index in [1.165, 1.54) is 15.8 Å². The van der Waals surface area contributed by atoms with Gasteiger partial charge in [-0.05, 0) is 42.4 Å². The number of aromatic amines is 1. The molecule has 1 heterocycles. The van der Waals surface area contributed by atoms with Crippen LogP contribution in [0.15, 0.2) is 23.0 Å². The Hall–Kier alpha value is -2.30. The Morgan fingerprint density at radius 3 is 2.73 bits per heavy atom. The summed E-state index contributed by atoms with van der Waals surface area (Å²) in [6.07, 6.45) is 2.02. The number of fused-ring (bicyclic) bond motifs is 1. The summed E-state index contributed by atoms with van der Waals surface area (Å²) >= 11 is 0. The zero-order valence-electron chi connectivity index (χ0n) is 13.4. The van der Waals surface area contributed by atoms with Crippen LogP contribution in [0, 0.1) is 6.92 Å². The highest BCUT2D eigenvalue weighted by Gasteiger charge is 2.31. The minimum absolute atomic E-state index is 0.135. The Bertz CT molecular complexity index is 812. The molecule has 1 aromatic carbocycles. The first kappa shape index (κ1) is 14.6. The highest BCUT2D eigenvalue weighted by atomic mass is 16.2. The van der Waals surface area contributed by atoms with Gasteiger partial charge in [0, 0.05) is 18.4 Å². The molecule has 0 atom stereocenters. The maximum atomic E-state index is 12.5. The van der Waals surface area contributed by atoms with Crippen molar-refractivity contribution in [2.75, 3.05) is 5.32 Å². The number of rotatable bonds is 2. The van der Waals surface area contributed by atoms with Crippen molar-refractivity contribution in [3.05, 3.63) is 50.9 Å². The van der Waals surface area contributed by atoms with Gasteiger partial charge in [0.05, 0.1) is 0 Å². The molecular weight excluding hydrogens is 278 g/mol. The first-order chi connectivity index (χ1) is 10.3. The summed E-state index contributed by atoms with van der Waals surface area (Å²) in [5.74, 6) is -0.350. The van der Waals surface area contributed by atoms with Crippen molar-refractivity contribution >= 4 is 11.6 Å². The first-order valence-electron chi connectivity index (χ1n) is 7.50. The fourth-order valence-corrected chi connectivity index (χ4v) is 3.32. The van der Waals surface area contributed by atoms with Crippen molar-refractivity contribution in [2.24, 2.45) is 7.05 Å². The minimum Gasteiger partial charge on any atom is -0.321 e. The molecule has 0 aliphatic heterocycles. The highest BCUT2D eigenvalue weighted by Crippen LogP contribution is 2.41. The van der Waals surface area contributed by atoms with Gasteiger partial charge in [0.1, 0.15) is 5.56 Å². The summed E-state index contributed by atoms with van der Waals surface area (Å²) in [6.45, 7) is 6.17. The summed E-state index contributed by atoms with van der Waals surface area (Å²) < 4.78 is 1.32. The monoisotopic (exact) mass is 299 g/mol. The lowest BCUT2D eigenvalue weighted by atomic mass is 9.86. The van der Waals surface area contributed by atoms with Crippen LogP contribution in [-0.4, -0.2) is 15.7 Å². The number of carbonyl (C=O) groups excluding carboxylic acids is 1. The molecule has 0 radical (unpaired) electrons. The van der Waals surface area contributed by atoms with Gasteiger partial charge >= 0.3 is 0 Å². The second kappa shape index (κ2) is 4.87. The third kappa shape index (κ3) is 2.17. The summed E-state index contributed by atoms with van der Waals surface area (Å²) in [7, 11) is 1.61. The predicted molar refractivity (Wildman–Crippen MR) is 86.5 cm³/mol. The summed E-state index contributed by atoms with van der Waals surface area (Å²) in [6, 6.07) is 5.99. The number of aryl methyl sites for hydroxylation is 2. The largest absolute Gasteiger partial charge is 0.321 e. The van der Waals surface area contributed by atoms with Crippen LogP contribution in [0.2, 0.25) is 0 Å². The van der Waals surface area contributed by atoms with Gasteiger partial charge in [-0.15, -0.1) is 0 Å². The van der Waals surface area contributed by atoms with Crippen molar-refractivity contribution in [1.82, 2.24) is 9.78 Å². The van der Waals surface area contributed by atoms with E-state index < -0.39 is 0 Å². The average molecular weight is 299 g/mol. The number of carbonyl (C=O) groups is 1. The molecule has 116 valence electrons. The smallest absolute Gasteiger partial charge is 0.279 e. The summed E-state index contributed by atoms with van der Waals surface area (Å²) in [5.41, 5.74) is 3.87. The minimum atomic E-state index is -0.350. The number of anilines is 1. The molecule has 0 saturated heterocycles. The molecule has 1 aliphatic carbocycles. The third-order valence-corrected chi connectivity index (χ3v) is 4.61. The number of hydrogen-bond donors (Lipinski definition) is 2. The Morgan fingerprint density at radius 2 is 2.09 bits per heavy atom. The number of aromatic nitrogens is 2. The van der Waals surface area contributed by atoms with Crippen LogP contribution in [0.3, 0.4) is 0 Å². The molecule has 1 amide bonds. The lowest BCUT2D eigenvalue weighted by Gasteiger charge is -2.19. The van der Waals surface area contributed by atoms with E-state index in [0.717, 1.165) is 18.5 Å². The zero-order valence-corrected chi connectivity index (χ0v) is 13.4. The summed E-state index contributed by atoms with van der Waals surface area (Å²) in [5, 5.41) is 5.77. The van der Waals surface area contributed by atoms with Crippen LogP contribution in [0.1, 0.15) is 47.4 Å². The summed E-state index contributed by atoms with van der Waals surface area (Å²) in [4.78, 5) is 24.5. The lowest BCUT2D eigenvalue weighted by molar-refractivity contribution is 0.102. The molecule has 2 aromatic rings. The quantitative estimate of drug-likeness (QED) is 0.894. The van der Waals surface area contributed by atoms with E-state index in [1.54, 1.807) is 14.0 Å². The molecule has 1 aromatic heterocycles. The Morgan fingerprint density at radius 1 is 1.36 bits per heavy atom. The second-order valence-electron chi connectivity index (χ2n) is 6.65. The topological polar surface area (TPSA) is 66.9 Å². The number of nitrogens with one attached hydrogen (secondary N) is 2. The number of amides is 1. The maximum absolute atomic E-state index is 12.5. The van der Waals surface area contributed by atoms with E-state index in [9.17, 15) is 9.59 Å². The van der Waals surface area contributed by atoms with Crippen LogP contribution >= 0.6 is 0 Å². The van der Waals surface area contributed by atoms with E-state index in [4.69, 9.17) is 0 Å². The van der Waals surface area contributed by atoms with Gasteiger partial charge in [0.15, 0.2) is 0 Å². The van der Waals surface area contributed by atoms with Crippen molar-refractivity contribution in [3.63, 3.8) is 0 Å². The Balaban J connectivity index is 1.97. The molecule has 22 heavy (non-hydrogen) atoms. The van der Waals surface area contributed by atoms with E-state index in [-0.39, 0.29) is 22.4 Å². The van der Waals surface area contributed by atoms with Gasteiger partial charge in [-0.1, -0.05) is 26.0 Å². The predicted octanol–water partition coefficient (Wildman–Crippen LogP) is 2.50. The van der Waals surface area contributed by atoms with Crippen LogP contribution in [0.25, 0.3) is 0 Å². The molecule has 0 unspecified atom stereocenters. The van der Waals surface area contributed by atoms with Crippen molar-refractivity contribution < 1.29 is 4.79 Å². The van der Waals surface area contributed by atoms with Gasteiger partial charge in [-0.3, -0.25) is 19.4 Å². The van der Waals surface area contributed by atoms with Gasteiger partial charge in [0.25, 0.3) is 11.5 Å². The van der Waals surface area contributed by atoms with Gasteiger partial charge in [-0.25, -0.2) is 0 Å². The number of benzene rings is 1. The third-order valence-electron chi connectivity index (χ3n) is 4.61. The van der Waals surface area contributed by atoms with E-state index in [0.29, 0.717) is 5.69 Å². The molecule has 5 nitrogen and oxygen atoms in total. The second-order valence-corrected chi connectivity index (χ2v) is 6.65. The normalized spacial score (nSPS) is 15.6. The fraction of sp³-hybridized carbons (Fsp3) is 0.412. The van der Waals surface area contributed by atoms with Gasteiger partial charge < -0.3 is 5.32 Å². The van der Waals surface area contributed by atoms with Crippen LogP contribution < -0.4 is 10.9 Å². The zero-order chi connectivity index (χ0) is 16.1. The fourth-order valence-electron chi connectivity index (χ4n) is 3.32. The molecule has 3 rings (SSSR count). The van der Waals surface area contributed by atoms with Gasteiger partial charge in [0.2, 0.25) is 0 Å². The number of H-pyrrole nitrogens is 1. The van der Waals surface area contributed by atoms with Crippen molar-refractivity contribution in [1.29, 1.82) is 0 Å². The van der Waals surface area contributed by atoms with Crippen LogP contribution in [-0.2, 0) is 18.9 Å².